The summed E-state index contributed by atoms with van der Waals surface area (Å²) in [4.78, 5) is 134. The number of likely N-dealkylation sites (tertiary alicyclic amines) is 1. The van der Waals surface area contributed by atoms with Crippen molar-refractivity contribution in [1.82, 2.24) is 57.0 Å². The van der Waals surface area contributed by atoms with Crippen LogP contribution in [0.25, 0.3) is 0 Å². The number of nitrogens with two attached hydrogens (primary N) is 1. The number of ether oxygens (including phenoxy) is 2. The average Bonchev–Trinajstić information content (AvgIpc) is 4.11. The number of carbonyl (C=O) groups excluding carboxylic acids is 9. The highest BCUT2D eigenvalue weighted by Crippen LogP contribution is 2.21. The second-order valence-corrected chi connectivity index (χ2v) is 19.7. The first-order chi connectivity index (χ1) is 36.6. The number of benzene rings is 1. The largest absolute Gasteiger partial charge is 0.508 e. The van der Waals surface area contributed by atoms with Gasteiger partial charge in [-0.05, 0) is 75.0 Å². The topological polar surface area (TPSA) is 362 Å². The molecule has 1 unspecified atom stereocenters. The summed E-state index contributed by atoms with van der Waals surface area (Å²) < 4.78 is 10.4. The minimum atomic E-state index is -1.39. The van der Waals surface area contributed by atoms with Crippen LogP contribution in [0.5, 0.6) is 5.75 Å². The number of unbranched alkanes of at least 4 members (excludes halogenated alkanes) is 2. The van der Waals surface area contributed by atoms with E-state index in [2.05, 4.69) is 47.2 Å². The summed E-state index contributed by atoms with van der Waals surface area (Å²) in [6, 6.07) is -2.48. The predicted molar refractivity (Wildman–Crippen MR) is 284 cm³/mol. The number of amides is 8. The molecule has 1 saturated heterocycles. The summed E-state index contributed by atoms with van der Waals surface area (Å²) in [5.41, 5.74) is 6.37. The molecular formula is C52H83N13O12. The fraction of sp³-hybridized carbons (Fsp3) is 0.635. The molecular weight excluding hydrogens is 999 g/mol. The third kappa shape index (κ3) is 21.6. The third-order valence-electron chi connectivity index (χ3n) is 13.0. The van der Waals surface area contributed by atoms with E-state index in [0.29, 0.717) is 43.4 Å². The summed E-state index contributed by atoms with van der Waals surface area (Å²) in [5.74, 6) is -7.00. The monoisotopic (exact) mass is 1080 g/mol. The maximum absolute atomic E-state index is 14.6. The quantitative estimate of drug-likeness (QED) is 0.0211. The molecule has 0 aliphatic carbocycles. The van der Waals surface area contributed by atoms with Crippen LogP contribution in [-0.2, 0) is 60.7 Å². The van der Waals surface area contributed by atoms with Gasteiger partial charge >= 0.3 is 12.1 Å². The minimum Gasteiger partial charge on any atom is -0.508 e. The summed E-state index contributed by atoms with van der Waals surface area (Å²) in [6.07, 6.45) is 6.33. The van der Waals surface area contributed by atoms with Crippen LogP contribution in [0.1, 0.15) is 118 Å². The second-order valence-electron chi connectivity index (χ2n) is 19.7. The molecule has 0 bridgehead atoms. The van der Waals surface area contributed by atoms with Gasteiger partial charge in [0.25, 0.3) is 0 Å². The summed E-state index contributed by atoms with van der Waals surface area (Å²) in [6.45, 7) is 12.5. The summed E-state index contributed by atoms with van der Waals surface area (Å²) in [5, 5.41) is 36.6. The molecule has 1 aliphatic heterocycles. The second kappa shape index (κ2) is 32.9. The number of hydrogen-bond acceptors (Lipinski definition) is 14. The van der Waals surface area contributed by atoms with Crippen molar-refractivity contribution in [2.75, 3.05) is 39.9 Å². The molecule has 25 heteroatoms. The maximum atomic E-state index is 14.6. The van der Waals surface area contributed by atoms with Gasteiger partial charge in [-0.2, -0.15) is 0 Å². The molecule has 1 aromatic heterocycles. The molecule has 8 amide bonds. The lowest BCUT2D eigenvalue weighted by Crippen LogP contribution is -2.62. The van der Waals surface area contributed by atoms with Gasteiger partial charge in [0.05, 0.1) is 25.2 Å². The van der Waals surface area contributed by atoms with Crippen molar-refractivity contribution in [1.29, 1.82) is 5.41 Å². The van der Waals surface area contributed by atoms with E-state index in [1.165, 1.54) is 37.3 Å². The fourth-order valence-corrected chi connectivity index (χ4v) is 8.20. The van der Waals surface area contributed by atoms with Crippen molar-refractivity contribution in [3.63, 3.8) is 0 Å². The van der Waals surface area contributed by atoms with Gasteiger partial charge in [0.1, 0.15) is 54.6 Å². The highest BCUT2D eigenvalue weighted by atomic mass is 16.6. The van der Waals surface area contributed by atoms with E-state index >= 15 is 0 Å². The molecule has 428 valence electrons. The number of guanidine groups is 1. The van der Waals surface area contributed by atoms with E-state index in [4.69, 9.17) is 20.6 Å². The fourth-order valence-electron chi connectivity index (χ4n) is 8.20. The number of carbonyl (C=O) groups is 9. The number of nitrogens with one attached hydrogen (secondary N) is 9. The molecule has 1 aliphatic rings. The number of phenols is 1. The van der Waals surface area contributed by atoms with Crippen LogP contribution in [0.15, 0.2) is 36.8 Å². The Morgan fingerprint density at radius 3 is 2.04 bits per heavy atom. The first-order valence-corrected chi connectivity index (χ1v) is 26.6. The van der Waals surface area contributed by atoms with Crippen molar-refractivity contribution in [3.05, 3.63) is 48.0 Å². The molecule has 25 nitrogen and oxygen atoms in total. The Labute approximate surface area is 450 Å². The van der Waals surface area contributed by atoms with Gasteiger partial charge in [0.15, 0.2) is 5.96 Å². The first-order valence-electron chi connectivity index (χ1n) is 26.6. The van der Waals surface area contributed by atoms with Crippen LogP contribution in [0.4, 0.5) is 4.79 Å². The number of likely N-dealkylation sites (N-methyl/N-ethyl adjacent to an activating group) is 1. The van der Waals surface area contributed by atoms with Gasteiger partial charge < -0.3 is 72.3 Å². The van der Waals surface area contributed by atoms with Gasteiger partial charge in [-0.25, -0.2) is 14.6 Å². The molecule has 3 rings (SSSR count). The number of rotatable bonds is 32. The van der Waals surface area contributed by atoms with E-state index in [1.54, 1.807) is 46.0 Å². The number of imidazole rings is 1. The molecule has 77 heavy (non-hydrogen) atoms. The van der Waals surface area contributed by atoms with E-state index in [-0.39, 0.29) is 63.7 Å². The molecule has 8 atom stereocenters. The Balaban J connectivity index is 1.90. The lowest BCUT2D eigenvalue weighted by Gasteiger charge is -2.32. The van der Waals surface area contributed by atoms with Crippen molar-refractivity contribution in [2.45, 2.75) is 161 Å². The van der Waals surface area contributed by atoms with Crippen molar-refractivity contribution < 1.29 is 57.7 Å². The number of aromatic amines is 1. The highest BCUT2D eigenvalue weighted by molar-refractivity contribution is 5.98. The van der Waals surface area contributed by atoms with Crippen LogP contribution in [0.2, 0.25) is 0 Å². The molecule has 0 saturated carbocycles. The molecule has 1 fully saturated rings. The number of nitrogens with zero attached hydrogens (tertiary/aromatic N) is 3. The SMILES string of the molecule is CCCCOC(=O)[C@@H](C)NC(=O)[C@@H]1CCCN1C(=O)[C@H](Cc1c[nH]cn1)NC(=O)[C@@H](NC(=O)[C@H](Cc1ccc(O)cc1)NC(=O)[C@@H](NC(=O)[C@H](CCCNC(=N)N)NC(=O)CN(C)C(=O)OCCCC)C(C)C)C(C)CC. The van der Waals surface area contributed by atoms with Crippen molar-refractivity contribution in [2.24, 2.45) is 17.6 Å². The Hall–Kier alpha value is -7.47. The van der Waals surface area contributed by atoms with E-state index in [9.17, 15) is 48.3 Å². The van der Waals surface area contributed by atoms with Gasteiger partial charge in [-0.15, -0.1) is 0 Å². The number of aromatic nitrogens is 2. The van der Waals surface area contributed by atoms with Crippen molar-refractivity contribution >= 4 is 59.4 Å². The molecule has 2 heterocycles. The van der Waals surface area contributed by atoms with Crippen molar-refractivity contribution in [3.8, 4) is 5.75 Å². The zero-order valence-electron chi connectivity index (χ0n) is 45.8. The zero-order chi connectivity index (χ0) is 57.2. The molecule has 12 N–H and O–H groups in total. The molecule has 0 radical (unpaired) electrons. The molecule has 1 aromatic carbocycles. The van der Waals surface area contributed by atoms with Gasteiger partial charge in [0.2, 0.25) is 41.4 Å². The number of aromatic hydroxyl groups is 1. The van der Waals surface area contributed by atoms with Crippen LogP contribution in [0.3, 0.4) is 0 Å². The van der Waals surface area contributed by atoms with E-state index in [1.807, 2.05) is 13.8 Å². The molecule has 0 spiro atoms. The van der Waals surface area contributed by atoms with Gasteiger partial charge in [0, 0.05) is 39.2 Å². The number of H-pyrrole nitrogens is 1. The normalized spacial score (nSPS) is 15.8. The summed E-state index contributed by atoms with van der Waals surface area (Å²) in [7, 11) is 1.37. The lowest BCUT2D eigenvalue weighted by atomic mass is 9.96. The van der Waals surface area contributed by atoms with Crippen LogP contribution < -0.4 is 43.0 Å². The minimum absolute atomic E-state index is 0.0263. The van der Waals surface area contributed by atoms with Crippen LogP contribution in [-0.4, -0.2) is 166 Å². The van der Waals surface area contributed by atoms with E-state index < -0.39 is 114 Å². The zero-order valence-corrected chi connectivity index (χ0v) is 45.8. The van der Waals surface area contributed by atoms with Crippen LogP contribution >= 0.6 is 0 Å². The standard InChI is InChI=1S/C52H83N13O12/c1-9-12-24-76-50(74)33(7)58-46(70)40-17-15-23-65(40)49(73)39(27-35-28-55-30-57-35)61-48(72)43(32(6)11-3)63-45(69)38(26-34-18-20-36(66)21-19-34)60-47(71)42(31(4)5)62-44(68)37(16-14-22-56-51(53)54)59-41(67)29-64(8)52(75)77-25-13-10-2/h18-21,28,30-33,37-40,42-43,66H,9-17,22-27,29H2,1-8H3,(H,55,57)(H,58,70)(H,59,67)(H,60,71)(H,61,72)(H,62,68)(H,63,69)(H4,53,54,56)/t32?,33-,37+,38+,39+,40+,42+,43+/m1/s1. The highest BCUT2D eigenvalue weighted by Gasteiger charge is 2.41. The smallest absolute Gasteiger partial charge is 0.409 e. The Morgan fingerprint density at radius 1 is 0.805 bits per heavy atom. The lowest BCUT2D eigenvalue weighted by molar-refractivity contribution is -0.148. The Bertz CT molecular complexity index is 2260. The number of phenolic OH excluding ortho intramolecular Hbond substituents is 1. The predicted octanol–water partition coefficient (Wildman–Crippen LogP) is 0.997. The van der Waals surface area contributed by atoms with Gasteiger partial charge in [-0.1, -0.05) is 72.9 Å². The number of hydrogen-bond donors (Lipinski definition) is 11. The third-order valence-corrected chi connectivity index (χ3v) is 13.0. The average molecular weight is 1080 g/mol. The maximum Gasteiger partial charge on any atom is 0.409 e. The summed E-state index contributed by atoms with van der Waals surface area (Å²) >= 11 is 0. The Kier molecular flexibility index (Phi) is 27.2. The number of esters is 1. The van der Waals surface area contributed by atoms with Crippen LogP contribution in [0, 0.1) is 17.2 Å². The molecule has 2 aromatic rings. The first kappa shape index (κ1) is 63.8. The van der Waals surface area contributed by atoms with Gasteiger partial charge in [-0.3, -0.25) is 39.0 Å². The van der Waals surface area contributed by atoms with E-state index in [0.717, 1.165) is 17.7 Å². The Morgan fingerprint density at radius 2 is 1.43 bits per heavy atom.